The number of esters is 3. The van der Waals surface area contributed by atoms with Crippen LogP contribution in [0.1, 0.15) is 55.3 Å². The number of rotatable bonds is 18. The first-order chi connectivity index (χ1) is 20.1. The summed E-state index contributed by atoms with van der Waals surface area (Å²) in [6.45, 7) is 6.43. The van der Waals surface area contributed by atoms with E-state index in [-0.39, 0.29) is 32.8 Å². The summed E-state index contributed by atoms with van der Waals surface area (Å²) in [7, 11) is 0. The summed E-state index contributed by atoms with van der Waals surface area (Å²) in [4.78, 5) is 34.0. The maximum absolute atomic E-state index is 14.8. The van der Waals surface area contributed by atoms with Crippen molar-refractivity contribution in [1.29, 1.82) is 0 Å². The molecule has 0 bridgehead atoms. The highest BCUT2D eigenvalue weighted by Gasteiger charge is 2.46. The molecule has 0 aromatic heterocycles. The molecule has 0 spiro atoms. The molecule has 1 fully saturated rings. The maximum Gasteiger partial charge on any atom is 0.341 e. The van der Waals surface area contributed by atoms with Crippen molar-refractivity contribution >= 4 is 17.9 Å². The van der Waals surface area contributed by atoms with Crippen LogP contribution in [0.4, 0.5) is 17.6 Å². The largest absolute Gasteiger partial charge is 0.490 e. The van der Waals surface area contributed by atoms with Crippen LogP contribution in [-0.2, 0) is 28.5 Å². The summed E-state index contributed by atoms with van der Waals surface area (Å²) in [6, 6.07) is 1.96. The van der Waals surface area contributed by atoms with Crippen LogP contribution >= 0.6 is 0 Å². The molecule has 12 heteroatoms. The minimum absolute atomic E-state index is 0.0590. The van der Waals surface area contributed by atoms with Crippen molar-refractivity contribution in [3.63, 3.8) is 0 Å². The summed E-state index contributed by atoms with van der Waals surface area (Å²) >= 11 is 0. The molecule has 0 amide bonds. The fourth-order valence-corrected chi connectivity index (χ4v) is 4.01. The molecule has 1 aromatic rings. The first-order valence-corrected chi connectivity index (χ1v) is 13.6. The molecule has 1 aromatic carbocycles. The van der Waals surface area contributed by atoms with Crippen molar-refractivity contribution in [2.24, 2.45) is 5.92 Å². The van der Waals surface area contributed by atoms with Crippen LogP contribution in [-0.4, -0.2) is 63.0 Å². The molecule has 2 rings (SSSR count). The number of hydrogen-bond acceptors (Lipinski definition) is 8. The molecule has 0 radical (unpaired) electrons. The Labute approximate surface area is 242 Å². The summed E-state index contributed by atoms with van der Waals surface area (Å²) in [5, 5.41) is 0. The van der Waals surface area contributed by atoms with Gasteiger partial charge >= 0.3 is 17.9 Å². The van der Waals surface area contributed by atoms with Gasteiger partial charge < -0.3 is 23.7 Å². The lowest BCUT2D eigenvalue weighted by Crippen LogP contribution is -2.42. The normalized spacial score (nSPS) is 17.8. The van der Waals surface area contributed by atoms with Crippen molar-refractivity contribution < 1.29 is 55.6 Å². The van der Waals surface area contributed by atoms with E-state index in [2.05, 4.69) is 13.2 Å². The summed E-state index contributed by atoms with van der Waals surface area (Å²) < 4.78 is 83.9. The SMILES string of the molecule is C=CC(=O)OCC/C=C\CCOC1CCC(COc2ccc(C(=O)OCCCCOC(=O)C=C)c(F)c2F)C(F)(F)C1. The first-order valence-electron chi connectivity index (χ1n) is 13.6. The minimum Gasteiger partial charge on any atom is -0.490 e. The monoisotopic (exact) mass is 600 g/mol. The zero-order valence-electron chi connectivity index (χ0n) is 23.3. The number of hydrogen-bond donors (Lipinski definition) is 0. The Morgan fingerprint density at radius 2 is 1.48 bits per heavy atom. The van der Waals surface area contributed by atoms with Gasteiger partial charge in [0.25, 0.3) is 5.92 Å². The van der Waals surface area contributed by atoms with Crippen LogP contribution in [0.3, 0.4) is 0 Å². The molecular weight excluding hydrogens is 564 g/mol. The van der Waals surface area contributed by atoms with Crippen LogP contribution < -0.4 is 4.74 Å². The predicted octanol–water partition coefficient (Wildman–Crippen LogP) is 5.90. The van der Waals surface area contributed by atoms with Crippen molar-refractivity contribution in [3.05, 3.63) is 66.8 Å². The van der Waals surface area contributed by atoms with Gasteiger partial charge in [0.05, 0.1) is 50.6 Å². The van der Waals surface area contributed by atoms with Gasteiger partial charge in [-0.05, 0) is 50.7 Å². The highest BCUT2D eigenvalue weighted by atomic mass is 19.3. The van der Waals surface area contributed by atoms with Gasteiger partial charge in [-0.1, -0.05) is 25.3 Å². The first kappa shape index (κ1) is 34.5. The number of carbonyl (C=O) groups is 3. The molecule has 1 saturated carbocycles. The predicted molar refractivity (Wildman–Crippen MR) is 144 cm³/mol. The second-order valence-electron chi connectivity index (χ2n) is 9.42. The molecule has 232 valence electrons. The Hall–Kier alpha value is -3.67. The lowest BCUT2D eigenvalue weighted by atomic mass is 9.84. The summed E-state index contributed by atoms with van der Waals surface area (Å²) in [5.41, 5.74) is -0.660. The second-order valence-corrected chi connectivity index (χ2v) is 9.42. The molecule has 0 saturated heterocycles. The maximum atomic E-state index is 14.8. The van der Waals surface area contributed by atoms with Crippen LogP contribution in [0, 0.1) is 17.6 Å². The number of benzene rings is 1. The van der Waals surface area contributed by atoms with E-state index in [1.165, 1.54) is 0 Å². The van der Waals surface area contributed by atoms with E-state index in [0.29, 0.717) is 32.1 Å². The van der Waals surface area contributed by atoms with Gasteiger partial charge in [0.1, 0.15) is 0 Å². The Kier molecular flexibility index (Phi) is 14.8. The number of carbonyl (C=O) groups excluding carboxylic acids is 3. The Balaban J connectivity index is 1.74. The standard InChI is InChI=1S/C30H36F4O8/c1-3-25(35)39-16-8-6-5-7-15-38-22-12-11-21(30(33,34)19-22)20-42-24-14-13-23(27(31)28(24)32)29(37)41-18-10-9-17-40-26(36)4-2/h3-6,13-14,21-22H,1-2,7-12,15-20H2/b6-5-. The van der Waals surface area contributed by atoms with Gasteiger partial charge in [0, 0.05) is 18.6 Å². The zero-order chi connectivity index (χ0) is 31.0. The third kappa shape index (κ3) is 11.7. The highest BCUT2D eigenvalue weighted by molar-refractivity contribution is 5.90. The molecular formula is C30H36F4O8. The third-order valence-corrected chi connectivity index (χ3v) is 6.32. The molecule has 8 nitrogen and oxygen atoms in total. The van der Waals surface area contributed by atoms with Crippen molar-refractivity contribution in [3.8, 4) is 5.75 Å². The van der Waals surface area contributed by atoms with E-state index in [9.17, 15) is 31.9 Å². The molecule has 0 aliphatic heterocycles. The lowest BCUT2D eigenvalue weighted by molar-refractivity contribution is -0.142. The minimum atomic E-state index is -3.14. The number of alkyl halides is 2. The Bertz CT molecular complexity index is 1110. The van der Waals surface area contributed by atoms with Crippen molar-refractivity contribution in [2.75, 3.05) is 33.0 Å². The average molecular weight is 601 g/mol. The van der Waals surface area contributed by atoms with Gasteiger partial charge in [-0.15, -0.1) is 0 Å². The van der Waals surface area contributed by atoms with Crippen molar-refractivity contribution in [1.82, 2.24) is 0 Å². The van der Waals surface area contributed by atoms with Gasteiger partial charge in [-0.25, -0.2) is 27.6 Å². The zero-order valence-corrected chi connectivity index (χ0v) is 23.3. The summed E-state index contributed by atoms with van der Waals surface area (Å²) in [5.74, 6) is -10.1. The topological polar surface area (TPSA) is 97.4 Å². The van der Waals surface area contributed by atoms with E-state index in [1.54, 1.807) is 6.08 Å². The van der Waals surface area contributed by atoms with E-state index in [4.69, 9.17) is 23.7 Å². The molecule has 2 atom stereocenters. The highest BCUT2D eigenvalue weighted by Crippen LogP contribution is 2.40. The number of ether oxygens (including phenoxy) is 5. The molecule has 2 unspecified atom stereocenters. The van der Waals surface area contributed by atoms with Gasteiger partial charge in [-0.3, -0.25) is 0 Å². The molecule has 0 N–H and O–H groups in total. The van der Waals surface area contributed by atoms with Gasteiger partial charge in [-0.2, -0.15) is 4.39 Å². The molecule has 42 heavy (non-hydrogen) atoms. The van der Waals surface area contributed by atoms with Crippen LogP contribution in [0.5, 0.6) is 5.75 Å². The Morgan fingerprint density at radius 1 is 0.857 bits per heavy atom. The number of halogens is 4. The Morgan fingerprint density at radius 3 is 2.12 bits per heavy atom. The smallest absolute Gasteiger partial charge is 0.341 e. The third-order valence-electron chi connectivity index (χ3n) is 6.32. The average Bonchev–Trinajstić information content (AvgIpc) is 2.96. The van der Waals surface area contributed by atoms with E-state index in [0.717, 1.165) is 24.3 Å². The second kappa shape index (κ2) is 18.0. The number of unbranched alkanes of at least 4 members (excludes halogenated alkanes) is 1. The molecule has 1 aliphatic carbocycles. The van der Waals surface area contributed by atoms with Crippen LogP contribution in [0.25, 0.3) is 0 Å². The lowest BCUT2D eigenvalue weighted by Gasteiger charge is -2.35. The van der Waals surface area contributed by atoms with Crippen molar-refractivity contribution in [2.45, 2.75) is 57.0 Å². The van der Waals surface area contributed by atoms with Gasteiger partial charge in [0.15, 0.2) is 11.6 Å². The van der Waals surface area contributed by atoms with E-state index in [1.807, 2.05) is 6.08 Å². The fourth-order valence-electron chi connectivity index (χ4n) is 4.01. The van der Waals surface area contributed by atoms with E-state index < -0.39 is 71.8 Å². The summed E-state index contributed by atoms with van der Waals surface area (Å²) in [6.07, 6.45) is 6.64. The molecule has 0 heterocycles. The van der Waals surface area contributed by atoms with Crippen LogP contribution in [0.15, 0.2) is 49.6 Å². The van der Waals surface area contributed by atoms with E-state index >= 15 is 0 Å². The molecule has 1 aliphatic rings. The van der Waals surface area contributed by atoms with Gasteiger partial charge in [0.2, 0.25) is 5.82 Å². The quantitative estimate of drug-likeness (QED) is 0.0514. The fraction of sp³-hybridized carbons (Fsp3) is 0.500. The van der Waals surface area contributed by atoms with Crippen LogP contribution in [0.2, 0.25) is 0 Å².